The second-order valence-corrected chi connectivity index (χ2v) is 5.57. The van der Waals surface area contributed by atoms with Gasteiger partial charge in [0, 0.05) is 18.5 Å². The van der Waals surface area contributed by atoms with Crippen LogP contribution in [0.5, 0.6) is 0 Å². The highest BCUT2D eigenvalue weighted by Gasteiger charge is 2.24. The Balaban J connectivity index is 1.99. The molecule has 1 unspecified atom stereocenters. The molecule has 1 saturated heterocycles. The van der Waals surface area contributed by atoms with Crippen molar-refractivity contribution in [3.63, 3.8) is 0 Å². The molecule has 2 heterocycles. The third kappa shape index (κ3) is 2.99. The number of aromatic nitrogens is 1. The normalized spacial score (nSPS) is 19.9. The van der Waals surface area contributed by atoms with Crippen molar-refractivity contribution in [2.24, 2.45) is 5.92 Å². The Morgan fingerprint density at radius 1 is 1.71 bits per heavy atom. The Labute approximate surface area is 111 Å². The fraction of sp³-hybridized carbons (Fsp3) is 0.667. The molecular formula is C12H17ClN2OS. The fourth-order valence-corrected chi connectivity index (χ4v) is 3.26. The minimum absolute atomic E-state index is 0.0155. The first kappa shape index (κ1) is 12.8. The predicted molar refractivity (Wildman–Crippen MR) is 72.4 cm³/mol. The summed E-state index contributed by atoms with van der Waals surface area (Å²) in [4.78, 5) is 18.1. The van der Waals surface area contributed by atoms with Gasteiger partial charge in [-0.15, -0.1) is 22.9 Å². The van der Waals surface area contributed by atoms with Gasteiger partial charge in [0.1, 0.15) is 5.69 Å². The molecule has 1 aliphatic rings. The van der Waals surface area contributed by atoms with Crippen LogP contribution in [0.4, 0.5) is 5.13 Å². The maximum Gasteiger partial charge on any atom is 0.196 e. The van der Waals surface area contributed by atoms with Gasteiger partial charge in [0.15, 0.2) is 10.9 Å². The Morgan fingerprint density at radius 3 is 3.24 bits per heavy atom. The van der Waals surface area contributed by atoms with E-state index in [-0.39, 0.29) is 11.7 Å². The first-order valence-corrected chi connectivity index (χ1v) is 7.45. The van der Waals surface area contributed by atoms with Gasteiger partial charge in [0.25, 0.3) is 0 Å². The Kier molecular flexibility index (Phi) is 4.40. The van der Waals surface area contributed by atoms with E-state index < -0.39 is 0 Å². The molecule has 1 aliphatic heterocycles. The first-order valence-electron chi connectivity index (χ1n) is 6.04. The molecule has 0 aromatic carbocycles. The molecule has 0 amide bonds. The van der Waals surface area contributed by atoms with Crippen LogP contribution in [0, 0.1) is 5.92 Å². The number of hydrogen-bond acceptors (Lipinski definition) is 4. The molecule has 0 saturated carbocycles. The molecule has 0 N–H and O–H groups in total. The molecule has 0 bridgehead atoms. The van der Waals surface area contributed by atoms with E-state index in [0.29, 0.717) is 5.69 Å². The Bertz CT molecular complexity index is 394. The maximum atomic E-state index is 11.4. The van der Waals surface area contributed by atoms with Crippen molar-refractivity contribution in [1.82, 2.24) is 4.98 Å². The molecular weight excluding hydrogens is 256 g/mol. The summed E-state index contributed by atoms with van der Waals surface area (Å²) >= 11 is 7.07. The van der Waals surface area contributed by atoms with Gasteiger partial charge in [-0.1, -0.05) is 13.3 Å². The third-order valence-corrected chi connectivity index (χ3v) is 4.30. The van der Waals surface area contributed by atoms with Crippen LogP contribution in [-0.2, 0) is 0 Å². The van der Waals surface area contributed by atoms with Gasteiger partial charge in [0.05, 0.1) is 5.88 Å². The van der Waals surface area contributed by atoms with Gasteiger partial charge in [0.2, 0.25) is 0 Å². The summed E-state index contributed by atoms with van der Waals surface area (Å²) in [5.74, 6) is 0.719. The minimum atomic E-state index is -0.0847. The highest BCUT2D eigenvalue weighted by Crippen LogP contribution is 2.29. The lowest BCUT2D eigenvalue weighted by atomic mass is 10.0. The zero-order valence-electron chi connectivity index (χ0n) is 9.99. The maximum absolute atomic E-state index is 11.4. The zero-order valence-corrected chi connectivity index (χ0v) is 11.6. The lowest BCUT2D eigenvalue weighted by molar-refractivity contribution is 0.101. The molecule has 17 heavy (non-hydrogen) atoms. The summed E-state index contributed by atoms with van der Waals surface area (Å²) in [6, 6.07) is 0. The highest BCUT2D eigenvalue weighted by atomic mass is 35.5. The van der Waals surface area contributed by atoms with Crippen molar-refractivity contribution in [2.45, 2.75) is 26.2 Å². The van der Waals surface area contributed by atoms with Crippen LogP contribution in [0.15, 0.2) is 5.38 Å². The average Bonchev–Trinajstić information content (AvgIpc) is 2.96. The van der Waals surface area contributed by atoms with Gasteiger partial charge < -0.3 is 4.90 Å². The lowest BCUT2D eigenvalue weighted by Gasteiger charge is -2.14. The van der Waals surface area contributed by atoms with E-state index in [4.69, 9.17) is 11.6 Å². The summed E-state index contributed by atoms with van der Waals surface area (Å²) in [6.45, 7) is 4.37. The van der Waals surface area contributed by atoms with Crippen LogP contribution in [-0.4, -0.2) is 29.7 Å². The molecule has 1 aromatic heterocycles. The van der Waals surface area contributed by atoms with Crippen LogP contribution >= 0.6 is 22.9 Å². The predicted octanol–water partition coefficient (Wildman–Crippen LogP) is 3.19. The largest absolute Gasteiger partial charge is 0.348 e. The smallest absolute Gasteiger partial charge is 0.196 e. The average molecular weight is 273 g/mol. The number of nitrogens with zero attached hydrogens (tertiary/aromatic N) is 2. The van der Waals surface area contributed by atoms with Crippen molar-refractivity contribution in [2.75, 3.05) is 23.9 Å². The van der Waals surface area contributed by atoms with E-state index >= 15 is 0 Å². The van der Waals surface area contributed by atoms with Gasteiger partial charge in [-0.25, -0.2) is 4.98 Å². The summed E-state index contributed by atoms with van der Waals surface area (Å²) < 4.78 is 0. The number of hydrogen-bond donors (Lipinski definition) is 0. The first-order chi connectivity index (χ1) is 8.24. The Hall–Kier alpha value is -0.610. The third-order valence-electron chi connectivity index (χ3n) is 3.15. The number of thiazole rings is 1. The van der Waals surface area contributed by atoms with Crippen LogP contribution in [0.1, 0.15) is 36.7 Å². The van der Waals surface area contributed by atoms with Crippen molar-refractivity contribution in [3.05, 3.63) is 11.1 Å². The van der Waals surface area contributed by atoms with E-state index in [1.165, 1.54) is 19.3 Å². The molecule has 1 atom stereocenters. The molecule has 5 heteroatoms. The molecule has 0 spiro atoms. The molecule has 1 fully saturated rings. The highest BCUT2D eigenvalue weighted by molar-refractivity contribution is 7.14. The fourth-order valence-electron chi connectivity index (χ4n) is 2.26. The quantitative estimate of drug-likeness (QED) is 0.610. The standard InChI is InChI=1S/C12H17ClN2OS/c1-2-3-9-4-5-15(7-9)12-14-10(8-17-12)11(16)6-13/h8-9H,2-7H2,1H3. The van der Waals surface area contributed by atoms with Gasteiger partial charge >= 0.3 is 0 Å². The van der Waals surface area contributed by atoms with Crippen molar-refractivity contribution in [1.29, 1.82) is 0 Å². The summed E-state index contributed by atoms with van der Waals surface area (Å²) in [5, 5.41) is 2.78. The summed E-state index contributed by atoms with van der Waals surface area (Å²) in [5.41, 5.74) is 0.513. The Morgan fingerprint density at radius 2 is 2.53 bits per heavy atom. The van der Waals surface area contributed by atoms with E-state index in [1.54, 1.807) is 11.3 Å². The number of halogens is 1. The second kappa shape index (κ2) is 5.83. The molecule has 94 valence electrons. The van der Waals surface area contributed by atoms with E-state index in [1.807, 2.05) is 5.38 Å². The van der Waals surface area contributed by atoms with Gasteiger partial charge in [-0.3, -0.25) is 4.79 Å². The minimum Gasteiger partial charge on any atom is -0.348 e. The van der Waals surface area contributed by atoms with Gasteiger partial charge in [-0.2, -0.15) is 0 Å². The number of alkyl halides is 1. The number of carbonyl (C=O) groups excluding carboxylic acids is 1. The second-order valence-electron chi connectivity index (χ2n) is 4.46. The summed E-state index contributed by atoms with van der Waals surface area (Å²) in [6.07, 6.45) is 3.77. The topological polar surface area (TPSA) is 33.2 Å². The number of anilines is 1. The van der Waals surface area contributed by atoms with Crippen LogP contribution in [0.2, 0.25) is 0 Å². The number of rotatable bonds is 5. The van der Waals surface area contributed by atoms with E-state index in [0.717, 1.165) is 24.1 Å². The van der Waals surface area contributed by atoms with E-state index in [9.17, 15) is 4.79 Å². The molecule has 0 aliphatic carbocycles. The van der Waals surface area contributed by atoms with Crippen molar-refractivity contribution < 1.29 is 4.79 Å². The molecule has 0 radical (unpaired) electrons. The monoisotopic (exact) mass is 272 g/mol. The van der Waals surface area contributed by atoms with Crippen LogP contribution < -0.4 is 4.90 Å². The number of Topliss-reactive ketones (excluding diaryl/α,β-unsaturated/α-hetero) is 1. The SMILES string of the molecule is CCCC1CCN(c2nc(C(=O)CCl)cs2)C1. The lowest BCUT2D eigenvalue weighted by Crippen LogP contribution is -2.19. The summed E-state index contributed by atoms with van der Waals surface area (Å²) in [7, 11) is 0. The van der Waals surface area contributed by atoms with Crippen LogP contribution in [0.25, 0.3) is 0 Å². The van der Waals surface area contributed by atoms with Crippen molar-refractivity contribution in [3.8, 4) is 0 Å². The van der Waals surface area contributed by atoms with Gasteiger partial charge in [-0.05, 0) is 18.8 Å². The molecule has 1 aromatic rings. The number of carbonyl (C=O) groups is 1. The zero-order chi connectivity index (χ0) is 12.3. The number of ketones is 1. The molecule has 3 nitrogen and oxygen atoms in total. The molecule has 2 rings (SSSR count). The van der Waals surface area contributed by atoms with Crippen molar-refractivity contribution >= 4 is 33.9 Å². The van der Waals surface area contributed by atoms with Crippen LogP contribution in [0.3, 0.4) is 0 Å². The van der Waals surface area contributed by atoms with E-state index in [2.05, 4.69) is 16.8 Å².